The van der Waals surface area contributed by atoms with Gasteiger partial charge in [0.25, 0.3) is 14.2 Å². The summed E-state index contributed by atoms with van der Waals surface area (Å²) >= 11 is 0. The number of aryl methyl sites for hydroxylation is 1. The number of benzene rings is 3. The van der Waals surface area contributed by atoms with Gasteiger partial charge in [0.2, 0.25) is 0 Å². The van der Waals surface area contributed by atoms with Gasteiger partial charge in [-0.25, -0.2) is 19.3 Å². The highest BCUT2D eigenvalue weighted by Gasteiger charge is 2.50. The Morgan fingerprint density at radius 3 is 2.23 bits per heavy atom. The summed E-state index contributed by atoms with van der Waals surface area (Å²) in [5, 5.41) is 11.5. The Kier molecular flexibility index (Phi) is 9.26. The standard InChI is InChI=1S/C33H35FN6O3Si/c1-23-38-28(31-36-22-37-40-31)20-29(39-23)32(41)35-21-24-15-16-27(34)30(19-24)42-17-18-43-44(33(2,3)4,25-11-7-5-8-12-25)26-13-9-6-10-14-26/h5-16,19-20,22H,17-18,21H2,1-4H3,(H,35,41)(H,36,37,40). The average molecular weight is 611 g/mol. The van der Waals surface area contributed by atoms with Crippen LogP contribution in [0.4, 0.5) is 4.39 Å². The van der Waals surface area contributed by atoms with E-state index in [1.807, 2.05) is 36.4 Å². The van der Waals surface area contributed by atoms with E-state index in [2.05, 4.69) is 75.5 Å². The number of H-pyrrole nitrogens is 1. The van der Waals surface area contributed by atoms with Crippen LogP contribution in [0.15, 0.2) is 91.3 Å². The molecule has 11 heteroatoms. The van der Waals surface area contributed by atoms with Gasteiger partial charge in [-0.2, -0.15) is 5.10 Å². The maximum atomic E-state index is 14.8. The number of hydrogen-bond donors (Lipinski definition) is 2. The van der Waals surface area contributed by atoms with Crippen molar-refractivity contribution in [2.45, 2.75) is 39.3 Å². The molecule has 44 heavy (non-hydrogen) atoms. The van der Waals surface area contributed by atoms with Crippen LogP contribution >= 0.6 is 0 Å². The van der Waals surface area contributed by atoms with E-state index < -0.39 is 20.0 Å². The lowest BCUT2D eigenvalue weighted by Gasteiger charge is -2.43. The Balaban J connectivity index is 1.26. The van der Waals surface area contributed by atoms with Crippen LogP contribution in [0.5, 0.6) is 5.75 Å². The molecule has 3 aromatic carbocycles. The van der Waals surface area contributed by atoms with Gasteiger partial charge in [0.05, 0.1) is 6.61 Å². The van der Waals surface area contributed by atoms with Crippen molar-refractivity contribution < 1.29 is 18.3 Å². The van der Waals surface area contributed by atoms with E-state index in [-0.39, 0.29) is 36.2 Å². The number of carbonyl (C=O) groups excluding carboxylic acids is 1. The predicted octanol–water partition coefficient (Wildman–Crippen LogP) is 4.59. The summed E-state index contributed by atoms with van der Waals surface area (Å²) in [7, 11) is -2.74. The number of hydrogen-bond acceptors (Lipinski definition) is 7. The summed E-state index contributed by atoms with van der Waals surface area (Å²) in [4.78, 5) is 25.5. The number of halogens is 1. The molecule has 0 saturated carbocycles. The molecule has 0 aliphatic rings. The Morgan fingerprint density at radius 1 is 0.932 bits per heavy atom. The minimum atomic E-state index is -2.74. The summed E-state index contributed by atoms with van der Waals surface area (Å²) in [5.41, 5.74) is 1.31. The van der Waals surface area contributed by atoms with Gasteiger partial charge in [0.1, 0.15) is 30.1 Å². The molecule has 0 bridgehead atoms. The lowest BCUT2D eigenvalue weighted by Crippen LogP contribution is -2.66. The van der Waals surface area contributed by atoms with Gasteiger partial charge < -0.3 is 14.5 Å². The average Bonchev–Trinajstić information content (AvgIpc) is 3.56. The summed E-state index contributed by atoms with van der Waals surface area (Å²) in [6.45, 7) is 8.88. The number of rotatable bonds is 11. The van der Waals surface area contributed by atoms with E-state index in [9.17, 15) is 9.18 Å². The van der Waals surface area contributed by atoms with Gasteiger partial charge in [-0.1, -0.05) is 87.5 Å². The fraction of sp³-hybridized carbons (Fsp3) is 0.242. The number of aromatic nitrogens is 5. The van der Waals surface area contributed by atoms with Crippen LogP contribution in [-0.2, 0) is 11.0 Å². The quantitative estimate of drug-likeness (QED) is 0.166. The first-order valence-electron chi connectivity index (χ1n) is 14.3. The van der Waals surface area contributed by atoms with Crippen LogP contribution in [0.2, 0.25) is 5.04 Å². The molecular weight excluding hydrogens is 575 g/mol. The predicted molar refractivity (Wildman–Crippen MR) is 169 cm³/mol. The molecular formula is C33H35FN6O3Si. The number of ether oxygens (including phenoxy) is 1. The number of nitrogens with zero attached hydrogens (tertiary/aromatic N) is 4. The third kappa shape index (κ3) is 6.74. The maximum Gasteiger partial charge on any atom is 0.270 e. The smallest absolute Gasteiger partial charge is 0.270 e. The van der Waals surface area contributed by atoms with Gasteiger partial charge >= 0.3 is 0 Å². The van der Waals surface area contributed by atoms with Gasteiger partial charge in [0, 0.05) is 6.54 Å². The molecule has 9 nitrogen and oxygen atoms in total. The lowest BCUT2D eigenvalue weighted by atomic mass is 10.2. The first kappa shape index (κ1) is 30.7. The van der Waals surface area contributed by atoms with E-state index in [1.165, 1.54) is 18.5 Å². The van der Waals surface area contributed by atoms with Crippen LogP contribution in [0.3, 0.4) is 0 Å². The summed E-state index contributed by atoms with van der Waals surface area (Å²) in [6.07, 6.45) is 1.36. The van der Waals surface area contributed by atoms with Gasteiger partial charge in [-0.3, -0.25) is 9.89 Å². The Labute approximate surface area is 257 Å². The summed E-state index contributed by atoms with van der Waals surface area (Å²) in [6, 6.07) is 26.7. The summed E-state index contributed by atoms with van der Waals surface area (Å²) < 4.78 is 27.5. The highest BCUT2D eigenvalue weighted by molar-refractivity contribution is 6.99. The maximum absolute atomic E-state index is 14.8. The molecule has 5 rings (SSSR count). The van der Waals surface area contributed by atoms with Crippen molar-refractivity contribution in [3.8, 4) is 17.3 Å². The number of aromatic amines is 1. The molecule has 0 radical (unpaired) electrons. The van der Waals surface area contributed by atoms with Crippen molar-refractivity contribution in [2.24, 2.45) is 0 Å². The molecule has 2 aromatic heterocycles. The molecule has 5 aromatic rings. The van der Waals surface area contributed by atoms with Crippen molar-refractivity contribution in [3.63, 3.8) is 0 Å². The van der Waals surface area contributed by atoms with Gasteiger partial charge in [-0.05, 0) is 46.1 Å². The monoisotopic (exact) mass is 610 g/mol. The molecule has 2 heterocycles. The highest BCUT2D eigenvalue weighted by atomic mass is 28.4. The zero-order valence-corrected chi connectivity index (χ0v) is 26.2. The van der Waals surface area contributed by atoms with Crippen molar-refractivity contribution in [2.75, 3.05) is 13.2 Å². The van der Waals surface area contributed by atoms with Crippen LogP contribution in [-0.4, -0.2) is 52.6 Å². The second kappa shape index (κ2) is 13.3. The molecule has 0 spiro atoms. The van der Waals surface area contributed by atoms with E-state index >= 15 is 0 Å². The number of amides is 1. The normalized spacial score (nSPS) is 11.8. The van der Waals surface area contributed by atoms with Gasteiger partial charge in [0.15, 0.2) is 17.4 Å². The molecule has 0 unspecified atom stereocenters. The summed E-state index contributed by atoms with van der Waals surface area (Å²) in [5.74, 6) is 0.0503. The minimum absolute atomic E-state index is 0.0910. The topological polar surface area (TPSA) is 115 Å². The second-order valence-electron chi connectivity index (χ2n) is 11.3. The minimum Gasteiger partial charge on any atom is -0.488 e. The van der Waals surface area contributed by atoms with Crippen molar-refractivity contribution in [1.29, 1.82) is 0 Å². The zero-order chi connectivity index (χ0) is 31.2. The van der Waals surface area contributed by atoms with Gasteiger partial charge in [-0.15, -0.1) is 0 Å². The largest absolute Gasteiger partial charge is 0.488 e. The fourth-order valence-corrected chi connectivity index (χ4v) is 9.83. The van der Waals surface area contributed by atoms with Crippen molar-refractivity contribution in [1.82, 2.24) is 30.5 Å². The van der Waals surface area contributed by atoms with Crippen molar-refractivity contribution in [3.05, 3.63) is 114 Å². The van der Waals surface area contributed by atoms with Crippen LogP contribution < -0.4 is 20.4 Å². The second-order valence-corrected chi connectivity index (χ2v) is 15.6. The van der Waals surface area contributed by atoms with Crippen LogP contribution in [0.25, 0.3) is 11.5 Å². The van der Waals surface area contributed by atoms with Crippen LogP contribution in [0.1, 0.15) is 42.6 Å². The zero-order valence-electron chi connectivity index (χ0n) is 25.2. The Morgan fingerprint density at radius 2 is 1.61 bits per heavy atom. The van der Waals surface area contributed by atoms with E-state index in [0.717, 1.165) is 10.4 Å². The van der Waals surface area contributed by atoms with E-state index in [4.69, 9.17) is 9.16 Å². The molecule has 1 amide bonds. The first-order valence-corrected chi connectivity index (χ1v) is 16.2. The lowest BCUT2D eigenvalue weighted by molar-refractivity contribution is 0.0945. The molecule has 0 fully saturated rings. The number of nitrogens with one attached hydrogen (secondary N) is 2. The Hall–Kier alpha value is -4.74. The fourth-order valence-electron chi connectivity index (χ4n) is 5.28. The van der Waals surface area contributed by atoms with Crippen LogP contribution in [0, 0.1) is 12.7 Å². The van der Waals surface area contributed by atoms with E-state index in [1.54, 1.807) is 19.1 Å². The van der Waals surface area contributed by atoms with Crippen molar-refractivity contribution >= 4 is 24.6 Å². The first-order chi connectivity index (χ1) is 21.2. The van der Waals surface area contributed by atoms with E-state index in [0.29, 0.717) is 22.9 Å². The SMILES string of the molecule is Cc1nc(C(=O)NCc2ccc(F)c(OCCO[Si](c3ccccc3)(c3ccccc3)C(C)(C)C)c2)cc(-c2ncn[nH]2)n1. The molecule has 0 saturated heterocycles. The third-order valence-electron chi connectivity index (χ3n) is 7.25. The highest BCUT2D eigenvalue weighted by Crippen LogP contribution is 2.36. The molecule has 2 N–H and O–H groups in total. The molecule has 0 atom stereocenters. The third-order valence-corrected chi connectivity index (χ3v) is 12.3. The Bertz CT molecular complexity index is 1660. The molecule has 226 valence electrons. The number of carbonyl (C=O) groups is 1. The molecule has 0 aliphatic heterocycles. The molecule has 0 aliphatic carbocycles.